The highest BCUT2D eigenvalue weighted by molar-refractivity contribution is 7.93. The van der Waals surface area contributed by atoms with Gasteiger partial charge in [0.25, 0.3) is 0 Å². The van der Waals surface area contributed by atoms with Gasteiger partial charge in [0.05, 0.1) is 0 Å². The molecule has 0 aromatic heterocycles. The monoisotopic (exact) mass is 205 g/mol. The summed E-state index contributed by atoms with van der Waals surface area (Å²) in [5.41, 5.74) is 0. The van der Waals surface area contributed by atoms with Crippen LogP contribution in [0.1, 0.15) is 39.5 Å². The lowest BCUT2D eigenvalue weighted by Gasteiger charge is -1.99. The first-order valence-corrected chi connectivity index (χ1v) is 5.35. The Morgan fingerprint density at radius 3 is 1.58 bits per heavy atom. The Morgan fingerprint density at radius 1 is 1.00 bits per heavy atom. The Morgan fingerprint density at radius 2 is 1.33 bits per heavy atom. The van der Waals surface area contributed by atoms with Gasteiger partial charge in [-0.1, -0.05) is 26.7 Å². The molecular weight excluding hydrogens is 186 g/mol. The first-order valence-electron chi connectivity index (χ1n) is 4.53. The highest BCUT2D eigenvalue weighted by Crippen LogP contribution is 1.85. The van der Waals surface area contributed by atoms with E-state index >= 15 is 0 Å². The molecule has 0 bridgehead atoms. The SMILES string of the molecule is CCCCNCCCC.S=C=S. The van der Waals surface area contributed by atoms with Gasteiger partial charge in [-0.15, -0.1) is 0 Å². The molecule has 0 saturated heterocycles. The van der Waals surface area contributed by atoms with Gasteiger partial charge in [0, 0.05) is 4.31 Å². The molecule has 0 unspecified atom stereocenters. The second kappa shape index (κ2) is 17.3. The van der Waals surface area contributed by atoms with Crippen LogP contribution in [-0.4, -0.2) is 17.4 Å². The highest BCUT2D eigenvalue weighted by atomic mass is 32.1. The average Bonchev–Trinajstić information content (AvgIpc) is 2.06. The molecule has 0 aliphatic carbocycles. The minimum Gasteiger partial charge on any atom is -0.317 e. The Hall–Kier alpha value is 0.180. The highest BCUT2D eigenvalue weighted by Gasteiger charge is 1.83. The number of rotatable bonds is 6. The summed E-state index contributed by atoms with van der Waals surface area (Å²) in [6.45, 7) is 6.86. The molecule has 0 aromatic rings. The van der Waals surface area contributed by atoms with Crippen LogP contribution in [0.2, 0.25) is 0 Å². The molecule has 0 rings (SSSR count). The standard InChI is InChI=1S/C8H19N.CS2/c1-3-5-7-9-8-6-4-2;2-1-3/h9H,3-8H2,1-2H3;. The molecule has 72 valence electrons. The van der Waals surface area contributed by atoms with Gasteiger partial charge in [-0.05, 0) is 50.4 Å². The zero-order valence-electron chi connectivity index (χ0n) is 8.06. The summed E-state index contributed by atoms with van der Waals surface area (Å²) in [5.74, 6) is 0. The molecule has 1 N–H and O–H groups in total. The van der Waals surface area contributed by atoms with E-state index in [-0.39, 0.29) is 0 Å². The summed E-state index contributed by atoms with van der Waals surface area (Å²) in [6.07, 6.45) is 5.26. The number of hydrogen-bond donors (Lipinski definition) is 1. The molecule has 0 aliphatic rings. The third kappa shape index (κ3) is 22.5. The summed E-state index contributed by atoms with van der Waals surface area (Å²) < 4.78 is 1.92. The van der Waals surface area contributed by atoms with Crippen molar-refractivity contribution >= 4 is 28.7 Å². The quantitative estimate of drug-likeness (QED) is 0.528. The molecule has 0 amide bonds. The first kappa shape index (κ1) is 14.7. The van der Waals surface area contributed by atoms with E-state index in [0.29, 0.717) is 0 Å². The maximum atomic E-state index is 3.96. The van der Waals surface area contributed by atoms with Crippen molar-refractivity contribution in [1.82, 2.24) is 5.32 Å². The van der Waals surface area contributed by atoms with E-state index in [0.717, 1.165) is 0 Å². The van der Waals surface area contributed by atoms with Gasteiger partial charge in [-0.25, -0.2) is 0 Å². The summed E-state index contributed by atoms with van der Waals surface area (Å²) in [5, 5.41) is 3.39. The Bertz CT molecular complexity index is 92.7. The zero-order chi connectivity index (χ0) is 9.66. The van der Waals surface area contributed by atoms with Gasteiger partial charge < -0.3 is 5.32 Å². The van der Waals surface area contributed by atoms with E-state index in [1.54, 1.807) is 0 Å². The maximum Gasteiger partial charge on any atom is 0.0297 e. The molecule has 1 nitrogen and oxygen atoms in total. The molecule has 0 atom stereocenters. The van der Waals surface area contributed by atoms with E-state index < -0.39 is 0 Å². The topological polar surface area (TPSA) is 12.0 Å². The van der Waals surface area contributed by atoms with Crippen molar-refractivity contribution in [2.45, 2.75) is 39.5 Å². The number of hydrogen-bond acceptors (Lipinski definition) is 3. The van der Waals surface area contributed by atoms with Gasteiger partial charge in [-0.3, -0.25) is 0 Å². The molecule has 0 saturated carbocycles. The fraction of sp³-hybridized carbons (Fsp3) is 0.889. The molecule has 3 heteroatoms. The van der Waals surface area contributed by atoms with Crippen LogP contribution in [0.4, 0.5) is 0 Å². The Balaban J connectivity index is 0. The Kier molecular flexibility index (Phi) is 21.2. The zero-order valence-corrected chi connectivity index (χ0v) is 9.69. The van der Waals surface area contributed by atoms with E-state index in [2.05, 4.69) is 43.6 Å². The van der Waals surface area contributed by atoms with Crippen LogP contribution in [0.5, 0.6) is 0 Å². The molecule has 12 heavy (non-hydrogen) atoms. The fourth-order valence-corrected chi connectivity index (χ4v) is 0.729. The third-order valence-electron chi connectivity index (χ3n) is 1.41. The lowest BCUT2D eigenvalue weighted by atomic mass is 10.3. The molecule has 0 aliphatic heterocycles. The van der Waals surface area contributed by atoms with Crippen molar-refractivity contribution in [1.29, 1.82) is 0 Å². The van der Waals surface area contributed by atoms with Crippen LogP contribution in [0, 0.1) is 0 Å². The molecule has 0 fully saturated rings. The summed E-state index contributed by atoms with van der Waals surface area (Å²) >= 11 is 7.92. The number of nitrogens with one attached hydrogen (secondary N) is 1. The van der Waals surface area contributed by atoms with Gasteiger partial charge in [0.1, 0.15) is 0 Å². The minimum absolute atomic E-state index is 1.20. The number of unbranched alkanes of at least 4 members (excludes halogenated alkanes) is 2. The molecule has 0 spiro atoms. The van der Waals surface area contributed by atoms with Crippen LogP contribution >= 0.6 is 24.4 Å². The van der Waals surface area contributed by atoms with Crippen LogP contribution < -0.4 is 5.32 Å². The maximum absolute atomic E-state index is 3.96. The van der Waals surface area contributed by atoms with E-state index in [4.69, 9.17) is 0 Å². The van der Waals surface area contributed by atoms with Crippen molar-refractivity contribution in [3.05, 3.63) is 0 Å². The predicted octanol–water partition coefficient (Wildman–Crippen LogP) is 3.19. The lowest BCUT2D eigenvalue weighted by Crippen LogP contribution is -2.15. The van der Waals surface area contributed by atoms with E-state index in [1.807, 2.05) is 4.31 Å². The lowest BCUT2D eigenvalue weighted by molar-refractivity contribution is 0.611. The fourth-order valence-electron chi connectivity index (χ4n) is 0.729. The predicted molar refractivity (Wildman–Crippen MR) is 62.9 cm³/mol. The number of thiocarbonyl (C=S) groups is 2. The first-order chi connectivity index (χ1) is 5.83. The van der Waals surface area contributed by atoms with E-state index in [9.17, 15) is 0 Å². The second-order valence-electron chi connectivity index (χ2n) is 2.54. The van der Waals surface area contributed by atoms with Crippen molar-refractivity contribution in [3.63, 3.8) is 0 Å². The van der Waals surface area contributed by atoms with Gasteiger partial charge >= 0.3 is 0 Å². The second-order valence-corrected chi connectivity index (χ2v) is 3.21. The van der Waals surface area contributed by atoms with Gasteiger partial charge in [0.15, 0.2) is 0 Å². The van der Waals surface area contributed by atoms with Crippen LogP contribution in [-0.2, 0) is 0 Å². The Labute approximate surface area is 86.9 Å². The van der Waals surface area contributed by atoms with Crippen LogP contribution in [0.25, 0.3) is 0 Å². The third-order valence-corrected chi connectivity index (χ3v) is 1.41. The largest absolute Gasteiger partial charge is 0.317 e. The molecule has 0 heterocycles. The van der Waals surface area contributed by atoms with Crippen LogP contribution in [0.3, 0.4) is 0 Å². The molecular formula is C9H19NS2. The normalized spacial score (nSPS) is 8.17. The average molecular weight is 205 g/mol. The summed E-state index contributed by atoms with van der Waals surface area (Å²) in [7, 11) is 0. The van der Waals surface area contributed by atoms with Crippen molar-refractivity contribution < 1.29 is 0 Å². The van der Waals surface area contributed by atoms with E-state index in [1.165, 1.54) is 38.8 Å². The van der Waals surface area contributed by atoms with Crippen molar-refractivity contribution in [2.75, 3.05) is 13.1 Å². The minimum atomic E-state index is 1.20. The molecule has 0 radical (unpaired) electrons. The summed E-state index contributed by atoms with van der Waals surface area (Å²) in [6, 6.07) is 0. The van der Waals surface area contributed by atoms with Crippen molar-refractivity contribution in [3.8, 4) is 0 Å². The smallest absolute Gasteiger partial charge is 0.0297 e. The summed E-state index contributed by atoms with van der Waals surface area (Å²) in [4.78, 5) is 0. The molecule has 0 aromatic carbocycles. The van der Waals surface area contributed by atoms with Crippen molar-refractivity contribution in [2.24, 2.45) is 0 Å². The van der Waals surface area contributed by atoms with Gasteiger partial charge in [-0.2, -0.15) is 0 Å². The van der Waals surface area contributed by atoms with Gasteiger partial charge in [0.2, 0.25) is 0 Å². The van der Waals surface area contributed by atoms with Crippen LogP contribution in [0.15, 0.2) is 0 Å².